The van der Waals surface area contributed by atoms with Gasteiger partial charge in [-0.05, 0) is 24.3 Å². The Morgan fingerprint density at radius 3 is 2.63 bits per heavy atom. The average molecular weight is 390 g/mol. The van der Waals surface area contributed by atoms with Crippen LogP contribution in [0.3, 0.4) is 0 Å². The van der Waals surface area contributed by atoms with E-state index in [1.54, 1.807) is 18.2 Å². The van der Waals surface area contributed by atoms with E-state index in [9.17, 15) is 8.78 Å². The number of para-hydroxylation sites is 2. The predicted molar refractivity (Wildman–Crippen MR) is 98.3 cm³/mol. The summed E-state index contributed by atoms with van der Waals surface area (Å²) >= 11 is 1.46. The van der Waals surface area contributed by atoms with Crippen LogP contribution >= 0.6 is 11.3 Å². The Kier molecular flexibility index (Phi) is 6.70. The Hall–Kier alpha value is -3.00. The summed E-state index contributed by atoms with van der Waals surface area (Å²) in [6.07, 6.45) is 1.32. The van der Waals surface area contributed by atoms with Crippen molar-refractivity contribution < 1.29 is 23.1 Å². The van der Waals surface area contributed by atoms with E-state index in [-0.39, 0.29) is 12.4 Å². The maximum atomic E-state index is 12.4. The van der Waals surface area contributed by atoms with Gasteiger partial charge in [-0.2, -0.15) is 8.78 Å². The van der Waals surface area contributed by atoms with Crippen LogP contribution in [0.5, 0.6) is 11.5 Å². The molecule has 0 saturated carbocycles. The van der Waals surface area contributed by atoms with Crippen molar-refractivity contribution in [1.29, 1.82) is 0 Å². The van der Waals surface area contributed by atoms with Crippen molar-refractivity contribution in [2.45, 2.75) is 19.8 Å². The summed E-state index contributed by atoms with van der Waals surface area (Å²) in [5.74, 6) is 0.814. The van der Waals surface area contributed by atoms with Crippen LogP contribution in [0.1, 0.15) is 16.3 Å². The van der Waals surface area contributed by atoms with Crippen LogP contribution in [0.4, 0.5) is 8.78 Å². The van der Waals surface area contributed by atoms with Crippen molar-refractivity contribution in [3.05, 3.63) is 76.2 Å². The molecule has 3 aromatic rings. The first-order valence-electron chi connectivity index (χ1n) is 8.01. The van der Waals surface area contributed by atoms with Crippen molar-refractivity contribution in [2.24, 2.45) is 5.16 Å². The van der Waals surface area contributed by atoms with Crippen LogP contribution < -0.4 is 9.47 Å². The number of ether oxygens (including phenoxy) is 2. The highest BCUT2D eigenvalue weighted by molar-refractivity contribution is 7.09. The minimum atomic E-state index is -2.90. The highest BCUT2D eigenvalue weighted by atomic mass is 32.1. The zero-order chi connectivity index (χ0) is 18.9. The molecule has 0 spiro atoms. The van der Waals surface area contributed by atoms with Crippen LogP contribution in [0.25, 0.3) is 0 Å². The molecule has 5 nitrogen and oxygen atoms in total. The molecule has 0 aliphatic rings. The molecule has 8 heteroatoms. The van der Waals surface area contributed by atoms with E-state index >= 15 is 0 Å². The lowest BCUT2D eigenvalue weighted by molar-refractivity contribution is -0.0499. The Morgan fingerprint density at radius 2 is 1.81 bits per heavy atom. The number of alkyl halides is 2. The Labute approximate surface area is 158 Å². The summed E-state index contributed by atoms with van der Waals surface area (Å²) in [7, 11) is 0. The van der Waals surface area contributed by atoms with Gasteiger partial charge in [-0.3, -0.25) is 0 Å². The quantitative estimate of drug-likeness (QED) is 0.386. The fourth-order valence-corrected chi connectivity index (χ4v) is 2.82. The molecule has 0 saturated heterocycles. The Morgan fingerprint density at radius 1 is 1.04 bits per heavy atom. The number of thiazole rings is 1. The van der Waals surface area contributed by atoms with Crippen LogP contribution in [-0.4, -0.2) is 17.8 Å². The molecular formula is C19H16F2N2O3S. The van der Waals surface area contributed by atoms with Crippen molar-refractivity contribution in [3.8, 4) is 11.5 Å². The maximum Gasteiger partial charge on any atom is 0.387 e. The summed E-state index contributed by atoms with van der Waals surface area (Å²) in [5, 5.41) is 6.46. The van der Waals surface area contributed by atoms with Crippen LogP contribution in [0.15, 0.2) is 65.1 Å². The van der Waals surface area contributed by atoms with Crippen LogP contribution in [-0.2, 0) is 18.1 Å². The lowest BCUT2D eigenvalue weighted by atomic mass is 10.2. The largest absolute Gasteiger partial charge is 0.486 e. The number of hydrogen-bond acceptors (Lipinski definition) is 6. The highest BCUT2D eigenvalue weighted by Gasteiger charge is 2.08. The second-order valence-electron chi connectivity index (χ2n) is 5.26. The third-order valence-electron chi connectivity index (χ3n) is 3.32. The molecule has 2 aromatic carbocycles. The SMILES string of the molecule is FC(F)Oc1ccccc1/C=N/OCc1csc(COc2ccccc2)n1. The number of rotatable bonds is 9. The van der Waals surface area contributed by atoms with Gasteiger partial charge in [0.1, 0.15) is 23.1 Å². The fraction of sp³-hybridized carbons (Fsp3) is 0.158. The van der Waals surface area contributed by atoms with E-state index in [0.29, 0.717) is 17.9 Å². The zero-order valence-corrected chi connectivity index (χ0v) is 14.9. The molecule has 27 heavy (non-hydrogen) atoms. The lowest BCUT2D eigenvalue weighted by Gasteiger charge is -2.06. The van der Waals surface area contributed by atoms with Gasteiger partial charge >= 0.3 is 6.61 Å². The molecule has 0 aliphatic heterocycles. The standard InChI is InChI=1S/C19H16F2N2O3S/c20-19(21)26-17-9-5-4-6-14(17)10-22-25-11-15-13-27-18(23-15)12-24-16-7-2-1-3-8-16/h1-10,13,19H,11-12H2/b22-10+. The molecule has 0 N–H and O–H groups in total. The minimum Gasteiger partial charge on any atom is -0.486 e. The molecule has 3 rings (SSSR count). The number of halogens is 2. The smallest absolute Gasteiger partial charge is 0.387 e. The van der Waals surface area contributed by atoms with Crippen LogP contribution in [0, 0.1) is 0 Å². The summed E-state index contributed by atoms with van der Waals surface area (Å²) < 4.78 is 34.8. The summed E-state index contributed by atoms with van der Waals surface area (Å²) in [4.78, 5) is 9.59. The van der Waals surface area contributed by atoms with Gasteiger partial charge in [0.25, 0.3) is 0 Å². The van der Waals surface area contributed by atoms with Crippen molar-refractivity contribution in [3.63, 3.8) is 0 Å². The zero-order valence-electron chi connectivity index (χ0n) is 14.1. The van der Waals surface area contributed by atoms with Gasteiger partial charge in [-0.15, -0.1) is 11.3 Å². The molecule has 0 fully saturated rings. The predicted octanol–water partition coefficient (Wildman–Crippen LogP) is 4.87. The third-order valence-corrected chi connectivity index (χ3v) is 4.19. The third kappa shape index (κ3) is 6.03. The maximum absolute atomic E-state index is 12.4. The molecule has 0 aliphatic carbocycles. The molecule has 0 amide bonds. The van der Waals surface area contributed by atoms with Gasteiger partial charge in [0.15, 0.2) is 6.61 Å². The van der Waals surface area contributed by atoms with E-state index < -0.39 is 6.61 Å². The number of oxime groups is 1. The molecule has 1 heterocycles. The monoisotopic (exact) mass is 390 g/mol. The van der Waals surface area contributed by atoms with Gasteiger partial charge < -0.3 is 14.3 Å². The molecule has 0 radical (unpaired) electrons. The first-order chi connectivity index (χ1) is 13.2. The first-order valence-corrected chi connectivity index (χ1v) is 8.89. The van der Waals surface area contributed by atoms with E-state index in [1.807, 2.05) is 35.7 Å². The van der Waals surface area contributed by atoms with Crippen molar-refractivity contribution in [2.75, 3.05) is 0 Å². The van der Waals surface area contributed by atoms with Gasteiger partial charge in [-0.25, -0.2) is 4.98 Å². The topological polar surface area (TPSA) is 52.9 Å². The second kappa shape index (κ2) is 9.63. The van der Waals surface area contributed by atoms with E-state index in [0.717, 1.165) is 10.8 Å². The van der Waals surface area contributed by atoms with Gasteiger partial charge in [0, 0.05) is 10.9 Å². The molecule has 1 aromatic heterocycles. The number of aromatic nitrogens is 1. The van der Waals surface area contributed by atoms with E-state index in [4.69, 9.17) is 9.57 Å². The highest BCUT2D eigenvalue weighted by Crippen LogP contribution is 2.19. The molecule has 140 valence electrons. The number of hydrogen-bond donors (Lipinski definition) is 0. The van der Waals surface area contributed by atoms with E-state index in [2.05, 4.69) is 14.9 Å². The molecular weight excluding hydrogens is 374 g/mol. The van der Waals surface area contributed by atoms with E-state index in [1.165, 1.54) is 23.6 Å². The summed E-state index contributed by atoms with van der Waals surface area (Å²) in [5.41, 5.74) is 1.11. The van der Waals surface area contributed by atoms with Crippen molar-refractivity contribution in [1.82, 2.24) is 4.98 Å². The average Bonchev–Trinajstić information content (AvgIpc) is 3.13. The van der Waals surface area contributed by atoms with Gasteiger partial charge in [0.2, 0.25) is 0 Å². The number of benzene rings is 2. The second-order valence-corrected chi connectivity index (χ2v) is 6.20. The van der Waals surface area contributed by atoms with Gasteiger partial charge in [-0.1, -0.05) is 35.5 Å². The molecule has 0 bridgehead atoms. The number of nitrogens with zero attached hydrogens (tertiary/aromatic N) is 2. The molecule has 0 atom stereocenters. The first kappa shape index (κ1) is 18.8. The van der Waals surface area contributed by atoms with Crippen molar-refractivity contribution >= 4 is 17.6 Å². The normalized spacial score (nSPS) is 11.1. The fourth-order valence-electron chi connectivity index (χ4n) is 2.13. The molecule has 0 unspecified atom stereocenters. The Balaban J connectivity index is 1.48. The summed E-state index contributed by atoms with van der Waals surface area (Å²) in [6.45, 7) is -2.36. The lowest BCUT2D eigenvalue weighted by Crippen LogP contribution is -2.04. The Bertz CT molecular complexity index is 872. The minimum absolute atomic E-state index is 0.0360. The van der Waals surface area contributed by atoms with Crippen LogP contribution in [0.2, 0.25) is 0 Å². The van der Waals surface area contributed by atoms with Gasteiger partial charge in [0.05, 0.1) is 11.9 Å². The summed E-state index contributed by atoms with van der Waals surface area (Å²) in [6, 6.07) is 15.8.